The summed E-state index contributed by atoms with van der Waals surface area (Å²) in [5.74, 6) is 1.06. The Kier molecular flexibility index (Phi) is 4.34. The minimum Gasteiger partial charge on any atom is -0.377 e. The maximum absolute atomic E-state index is 11.5. The molecule has 0 saturated heterocycles. The first-order valence-corrected chi connectivity index (χ1v) is 8.47. The predicted molar refractivity (Wildman–Crippen MR) is 89.2 cm³/mol. The predicted octanol–water partition coefficient (Wildman–Crippen LogP) is 3.98. The van der Waals surface area contributed by atoms with Crippen molar-refractivity contribution in [1.82, 2.24) is 4.98 Å². The Balaban J connectivity index is 1.89. The first-order chi connectivity index (χ1) is 10.3. The average molecular weight is 300 g/mol. The fourth-order valence-corrected chi connectivity index (χ4v) is 3.67. The van der Waals surface area contributed by atoms with Gasteiger partial charge in [0.25, 0.3) is 0 Å². The Morgan fingerprint density at radius 1 is 1.29 bits per heavy atom. The molecule has 2 aromatic rings. The van der Waals surface area contributed by atoms with Gasteiger partial charge >= 0.3 is 0 Å². The number of pyridine rings is 1. The first kappa shape index (κ1) is 14.3. The van der Waals surface area contributed by atoms with Crippen LogP contribution in [0.4, 0.5) is 5.69 Å². The van der Waals surface area contributed by atoms with Gasteiger partial charge in [0.15, 0.2) is 0 Å². The van der Waals surface area contributed by atoms with Crippen molar-refractivity contribution in [2.24, 2.45) is 0 Å². The van der Waals surface area contributed by atoms with Crippen LogP contribution in [0.3, 0.4) is 0 Å². The highest BCUT2D eigenvalue weighted by atomic mass is 32.2. The molecule has 1 aromatic carbocycles. The van der Waals surface area contributed by atoms with Crippen molar-refractivity contribution in [3.63, 3.8) is 0 Å². The zero-order valence-corrected chi connectivity index (χ0v) is 13.0. The lowest BCUT2D eigenvalue weighted by atomic mass is 9.91. The van der Waals surface area contributed by atoms with Crippen molar-refractivity contribution in [2.75, 3.05) is 11.1 Å². The van der Waals surface area contributed by atoms with Crippen LogP contribution in [-0.2, 0) is 6.42 Å². The summed E-state index contributed by atoms with van der Waals surface area (Å²) in [4.78, 5) is 15.7. The number of nitrogens with one attached hydrogen (secondary N) is 2. The van der Waals surface area contributed by atoms with E-state index >= 15 is 0 Å². The second kappa shape index (κ2) is 6.39. The molecule has 21 heavy (non-hydrogen) atoms. The standard InChI is InChI=1S/C17H20N2OS/c1-2-21-16-9-4-3-6-15(16)18-13-7-5-8-14-12(13)10-11-17(20)19-14/h3-4,6,9-11,13,18H,2,5,7-8H2,1H3,(H,19,20). The molecule has 1 atom stereocenters. The molecule has 0 fully saturated rings. The molecule has 1 unspecified atom stereocenters. The number of aryl methyl sites for hydroxylation is 1. The van der Waals surface area contributed by atoms with Gasteiger partial charge < -0.3 is 10.3 Å². The van der Waals surface area contributed by atoms with Crippen molar-refractivity contribution >= 4 is 17.4 Å². The minimum atomic E-state index is -0.00339. The van der Waals surface area contributed by atoms with Crippen molar-refractivity contribution in [1.29, 1.82) is 0 Å². The summed E-state index contributed by atoms with van der Waals surface area (Å²) in [7, 11) is 0. The van der Waals surface area contributed by atoms with Crippen LogP contribution < -0.4 is 10.9 Å². The van der Waals surface area contributed by atoms with Gasteiger partial charge in [-0.1, -0.05) is 19.1 Å². The number of H-pyrrole nitrogens is 1. The molecule has 3 nitrogen and oxygen atoms in total. The van der Waals surface area contributed by atoms with E-state index in [0.29, 0.717) is 0 Å². The highest BCUT2D eigenvalue weighted by Crippen LogP contribution is 2.34. The van der Waals surface area contributed by atoms with Gasteiger partial charge in [-0.05, 0) is 48.8 Å². The maximum atomic E-state index is 11.5. The zero-order chi connectivity index (χ0) is 14.7. The summed E-state index contributed by atoms with van der Waals surface area (Å²) >= 11 is 1.85. The highest BCUT2D eigenvalue weighted by molar-refractivity contribution is 7.99. The van der Waals surface area contributed by atoms with Gasteiger partial charge in [-0.3, -0.25) is 4.79 Å². The monoisotopic (exact) mass is 300 g/mol. The van der Waals surface area contributed by atoms with E-state index in [1.165, 1.54) is 16.1 Å². The molecular weight excluding hydrogens is 280 g/mol. The van der Waals surface area contributed by atoms with Gasteiger partial charge in [0, 0.05) is 22.3 Å². The van der Waals surface area contributed by atoms with E-state index in [9.17, 15) is 4.79 Å². The van der Waals surface area contributed by atoms with E-state index in [1.807, 2.05) is 17.8 Å². The van der Waals surface area contributed by atoms with Crippen LogP contribution in [0.2, 0.25) is 0 Å². The van der Waals surface area contributed by atoms with Crippen LogP contribution in [0.25, 0.3) is 0 Å². The molecule has 1 aliphatic rings. The van der Waals surface area contributed by atoms with E-state index in [0.717, 1.165) is 30.7 Å². The number of hydrogen-bond acceptors (Lipinski definition) is 3. The molecule has 0 amide bonds. The molecule has 110 valence electrons. The lowest BCUT2D eigenvalue weighted by Crippen LogP contribution is -2.21. The third-order valence-electron chi connectivity index (χ3n) is 3.85. The molecule has 0 spiro atoms. The molecule has 0 bridgehead atoms. The summed E-state index contributed by atoms with van der Waals surface area (Å²) in [6.45, 7) is 2.17. The van der Waals surface area contributed by atoms with Crippen molar-refractivity contribution in [3.8, 4) is 0 Å². The number of hydrogen-bond donors (Lipinski definition) is 2. The number of thioether (sulfide) groups is 1. The van der Waals surface area contributed by atoms with Crippen LogP contribution in [0.1, 0.15) is 37.1 Å². The summed E-state index contributed by atoms with van der Waals surface area (Å²) < 4.78 is 0. The number of aromatic amines is 1. The van der Waals surface area contributed by atoms with E-state index in [-0.39, 0.29) is 11.6 Å². The summed E-state index contributed by atoms with van der Waals surface area (Å²) in [5, 5.41) is 3.67. The van der Waals surface area contributed by atoms with E-state index in [1.54, 1.807) is 6.07 Å². The van der Waals surface area contributed by atoms with Gasteiger partial charge in [0.1, 0.15) is 0 Å². The zero-order valence-electron chi connectivity index (χ0n) is 12.2. The van der Waals surface area contributed by atoms with Crippen LogP contribution in [-0.4, -0.2) is 10.7 Å². The number of benzene rings is 1. The van der Waals surface area contributed by atoms with E-state index in [4.69, 9.17) is 0 Å². The Hall–Kier alpha value is -1.68. The Morgan fingerprint density at radius 2 is 2.14 bits per heavy atom. The molecule has 2 N–H and O–H groups in total. The summed E-state index contributed by atoms with van der Waals surface area (Å²) in [6.07, 6.45) is 3.17. The minimum absolute atomic E-state index is 0.00339. The fraction of sp³-hybridized carbons (Fsp3) is 0.353. The van der Waals surface area contributed by atoms with Gasteiger partial charge in [0.05, 0.1) is 6.04 Å². The van der Waals surface area contributed by atoms with Gasteiger partial charge in [-0.25, -0.2) is 0 Å². The molecule has 0 aliphatic heterocycles. The Morgan fingerprint density at radius 3 is 3.00 bits per heavy atom. The quantitative estimate of drug-likeness (QED) is 0.840. The Bertz CT molecular complexity index is 680. The maximum Gasteiger partial charge on any atom is 0.248 e. The number of rotatable bonds is 4. The molecule has 3 rings (SSSR count). The molecule has 1 aromatic heterocycles. The lowest BCUT2D eigenvalue weighted by molar-refractivity contribution is 0.586. The Labute approximate surface area is 129 Å². The molecule has 4 heteroatoms. The van der Waals surface area contributed by atoms with Crippen LogP contribution in [0.15, 0.2) is 46.1 Å². The highest BCUT2D eigenvalue weighted by Gasteiger charge is 2.21. The van der Waals surface area contributed by atoms with Crippen molar-refractivity contribution in [2.45, 2.75) is 37.1 Å². The van der Waals surface area contributed by atoms with Crippen molar-refractivity contribution < 1.29 is 0 Å². The molecule has 0 radical (unpaired) electrons. The van der Waals surface area contributed by atoms with E-state index < -0.39 is 0 Å². The third-order valence-corrected chi connectivity index (χ3v) is 4.80. The number of aromatic nitrogens is 1. The topological polar surface area (TPSA) is 44.9 Å². The van der Waals surface area contributed by atoms with Crippen molar-refractivity contribution in [3.05, 3.63) is 58.0 Å². The number of para-hydroxylation sites is 1. The molecule has 0 saturated carbocycles. The first-order valence-electron chi connectivity index (χ1n) is 7.48. The van der Waals surface area contributed by atoms with E-state index in [2.05, 4.69) is 41.5 Å². The molecular formula is C17H20N2OS. The normalized spacial score (nSPS) is 17.3. The second-order valence-electron chi connectivity index (χ2n) is 5.27. The summed E-state index contributed by atoms with van der Waals surface area (Å²) in [5.41, 5.74) is 3.51. The fourth-order valence-electron chi connectivity index (χ4n) is 2.91. The molecule has 1 aliphatic carbocycles. The van der Waals surface area contributed by atoms with Gasteiger partial charge in [-0.2, -0.15) is 0 Å². The largest absolute Gasteiger partial charge is 0.377 e. The number of fused-ring (bicyclic) bond motifs is 1. The lowest BCUT2D eigenvalue weighted by Gasteiger charge is -2.27. The van der Waals surface area contributed by atoms with Crippen LogP contribution in [0, 0.1) is 0 Å². The SMILES string of the molecule is CCSc1ccccc1NC1CCCc2[nH]c(=O)ccc21. The second-order valence-corrected chi connectivity index (χ2v) is 6.58. The van der Waals surface area contributed by atoms with Crippen LogP contribution in [0.5, 0.6) is 0 Å². The third kappa shape index (κ3) is 3.16. The summed E-state index contributed by atoms with van der Waals surface area (Å²) in [6, 6.07) is 12.3. The van der Waals surface area contributed by atoms with Crippen LogP contribution >= 0.6 is 11.8 Å². The smallest absolute Gasteiger partial charge is 0.248 e. The molecule has 1 heterocycles. The average Bonchev–Trinajstić information content (AvgIpc) is 2.49. The van der Waals surface area contributed by atoms with Gasteiger partial charge in [0.2, 0.25) is 5.56 Å². The van der Waals surface area contributed by atoms with Gasteiger partial charge in [-0.15, -0.1) is 11.8 Å². The number of anilines is 1.